The van der Waals surface area contributed by atoms with E-state index in [1.165, 1.54) is 0 Å². The maximum atomic E-state index is 8.46. The van der Waals surface area contributed by atoms with E-state index in [2.05, 4.69) is 0 Å². The van der Waals surface area contributed by atoms with Gasteiger partial charge in [-0.05, 0) is 12.1 Å². The summed E-state index contributed by atoms with van der Waals surface area (Å²) >= 11 is 0. The maximum Gasteiger partial charge on any atom is 0.161 e. The molecule has 0 fully saturated rings. The molecule has 0 unspecified atom stereocenters. The fraction of sp³-hybridized carbons (Fsp3) is 0. The highest BCUT2D eigenvalue weighted by Gasteiger charge is 1.90. The predicted octanol–water partition coefficient (Wildman–Crippen LogP) is -0.147. The van der Waals surface area contributed by atoms with E-state index in [-0.39, 0.29) is 0 Å². The van der Waals surface area contributed by atoms with E-state index in [9.17, 15) is 0 Å². The molecule has 9 heavy (non-hydrogen) atoms. The van der Waals surface area contributed by atoms with E-state index >= 15 is 0 Å². The van der Waals surface area contributed by atoms with Crippen LogP contribution in [0, 0.1) is 0 Å². The molecule has 0 aromatic heterocycles. The van der Waals surface area contributed by atoms with Crippen LogP contribution >= 0.6 is 0 Å². The van der Waals surface area contributed by atoms with Crippen molar-refractivity contribution in [2.45, 2.75) is 0 Å². The second kappa shape index (κ2) is 2.48. The first kappa shape index (κ1) is 6.07. The van der Waals surface area contributed by atoms with Crippen LogP contribution in [-0.2, 0) is 0 Å². The molecule has 0 saturated heterocycles. The number of anilines is 1. The largest absolute Gasteiger partial charge is 0.399 e. The van der Waals surface area contributed by atoms with Gasteiger partial charge in [0.05, 0.1) is 0 Å². The smallest absolute Gasteiger partial charge is 0.161 e. The SMILES string of the molecule is Nc1ccc([NH2+]O)cc1. The summed E-state index contributed by atoms with van der Waals surface area (Å²) in [5.74, 6) is 0. The van der Waals surface area contributed by atoms with Crippen LogP contribution in [0.25, 0.3) is 0 Å². The summed E-state index contributed by atoms with van der Waals surface area (Å²) in [5, 5.41) is 8.46. The molecule has 3 heteroatoms. The number of hydrogen-bond acceptors (Lipinski definition) is 2. The molecule has 1 aromatic rings. The first-order chi connectivity index (χ1) is 4.33. The number of benzene rings is 1. The molecule has 48 valence electrons. The lowest BCUT2D eigenvalue weighted by molar-refractivity contribution is -0.825. The van der Waals surface area contributed by atoms with E-state index < -0.39 is 0 Å². The standard InChI is InChI=1S/C6H8N2O/c7-5-1-3-6(8-9)4-2-5/h1-4,8-9H,7H2/p+1. The molecule has 0 saturated carbocycles. The zero-order valence-corrected chi connectivity index (χ0v) is 4.91. The first-order valence-corrected chi connectivity index (χ1v) is 2.66. The van der Waals surface area contributed by atoms with Crippen LogP contribution in [0.15, 0.2) is 24.3 Å². The minimum atomic E-state index is 0.709. The van der Waals surface area contributed by atoms with E-state index in [1.807, 2.05) is 0 Å². The molecule has 0 aliphatic heterocycles. The van der Waals surface area contributed by atoms with Crippen molar-refractivity contribution in [3.8, 4) is 0 Å². The average molecular weight is 125 g/mol. The van der Waals surface area contributed by atoms with Crippen molar-refractivity contribution in [2.24, 2.45) is 0 Å². The molecule has 0 radical (unpaired) electrons. The van der Waals surface area contributed by atoms with Crippen LogP contribution in [-0.4, -0.2) is 5.21 Å². The minimum absolute atomic E-state index is 0.709. The van der Waals surface area contributed by atoms with Crippen molar-refractivity contribution in [3.05, 3.63) is 24.3 Å². The topological polar surface area (TPSA) is 62.9 Å². The molecule has 1 aromatic carbocycles. The third-order valence-corrected chi connectivity index (χ3v) is 1.09. The summed E-state index contributed by atoms with van der Waals surface area (Å²) in [5.41, 5.74) is 7.90. The van der Waals surface area contributed by atoms with Gasteiger partial charge in [-0.15, -0.1) is 0 Å². The summed E-state index contributed by atoms with van der Waals surface area (Å²) in [6.45, 7) is 0. The Morgan fingerprint density at radius 2 is 1.78 bits per heavy atom. The van der Waals surface area contributed by atoms with Gasteiger partial charge in [0, 0.05) is 17.8 Å². The Balaban J connectivity index is 2.88. The molecular weight excluding hydrogens is 116 g/mol. The molecular formula is C6H9N2O+. The zero-order chi connectivity index (χ0) is 6.69. The lowest BCUT2D eigenvalue weighted by Crippen LogP contribution is -2.73. The lowest BCUT2D eigenvalue weighted by atomic mass is 10.3. The van der Waals surface area contributed by atoms with Gasteiger partial charge in [-0.2, -0.15) is 5.48 Å². The molecule has 1 rings (SSSR count). The highest BCUT2D eigenvalue weighted by molar-refractivity contribution is 5.43. The van der Waals surface area contributed by atoms with Crippen molar-refractivity contribution in [2.75, 3.05) is 5.73 Å². The number of nitrogen functional groups attached to an aromatic ring is 1. The highest BCUT2D eigenvalue weighted by atomic mass is 16.5. The summed E-state index contributed by atoms with van der Waals surface area (Å²) in [6.07, 6.45) is 0. The minimum Gasteiger partial charge on any atom is -0.399 e. The Labute approximate surface area is 53.1 Å². The average Bonchev–Trinajstić information content (AvgIpc) is 1.90. The fourth-order valence-electron chi connectivity index (χ4n) is 0.582. The second-order valence-corrected chi connectivity index (χ2v) is 1.80. The van der Waals surface area contributed by atoms with Gasteiger partial charge in [-0.1, -0.05) is 0 Å². The van der Waals surface area contributed by atoms with Gasteiger partial charge in [0.25, 0.3) is 0 Å². The van der Waals surface area contributed by atoms with Gasteiger partial charge < -0.3 is 5.73 Å². The summed E-state index contributed by atoms with van der Waals surface area (Å²) < 4.78 is 0. The lowest BCUT2D eigenvalue weighted by Gasteiger charge is -1.91. The molecule has 0 amide bonds. The predicted molar refractivity (Wildman–Crippen MR) is 34.2 cm³/mol. The van der Waals surface area contributed by atoms with Gasteiger partial charge in [-0.3, -0.25) is 0 Å². The van der Waals surface area contributed by atoms with Crippen molar-refractivity contribution in [1.82, 2.24) is 0 Å². The number of hydrogen-bond donors (Lipinski definition) is 3. The van der Waals surface area contributed by atoms with Crippen LogP contribution in [0.4, 0.5) is 11.4 Å². The van der Waals surface area contributed by atoms with Crippen LogP contribution in [0.1, 0.15) is 0 Å². The van der Waals surface area contributed by atoms with Crippen molar-refractivity contribution >= 4 is 11.4 Å². The molecule has 5 N–H and O–H groups in total. The molecule has 0 aliphatic carbocycles. The third kappa shape index (κ3) is 1.42. The summed E-state index contributed by atoms with van der Waals surface area (Å²) in [7, 11) is 0. The van der Waals surface area contributed by atoms with E-state index in [1.54, 1.807) is 24.3 Å². The molecule has 0 heterocycles. The molecule has 3 nitrogen and oxygen atoms in total. The van der Waals surface area contributed by atoms with Gasteiger partial charge in [0.15, 0.2) is 5.69 Å². The number of quaternary nitrogens is 1. The van der Waals surface area contributed by atoms with Crippen LogP contribution in [0.5, 0.6) is 0 Å². The molecule has 0 bridgehead atoms. The molecule has 0 aliphatic rings. The number of rotatable bonds is 1. The molecule has 0 atom stereocenters. The monoisotopic (exact) mass is 125 g/mol. The highest BCUT2D eigenvalue weighted by Crippen LogP contribution is 2.03. The van der Waals surface area contributed by atoms with Crippen LogP contribution in [0.3, 0.4) is 0 Å². The third-order valence-electron chi connectivity index (χ3n) is 1.09. The fourth-order valence-corrected chi connectivity index (χ4v) is 0.582. The van der Waals surface area contributed by atoms with Crippen molar-refractivity contribution < 1.29 is 10.7 Å². The van der Waals surface area contributed by atoms with Crippen LogP contribution in [0.2, 0.25) is 0 Å². The van der Waals surface area contributed by atoms with Gasteiger partial charge >= 0.3 is 0 Å². The quantitative estimate of drug-likeness (QED) is 0.361. The van der Waals surface area contributed by atoms with Gasteiger partial charge in [0.2, 0.25) is 0 Å². The van der Waals surface area contributed by atoms with Crippen LogP contribution < -0.4 is 11.2 Å². The maximum absolute atomic E-state index is 8.46. The molecule has 0 spiro atoms. The summed E-state index contributed by atoms with van der Waals surface area (Å²) in [6, 6.07) is 6.97. The second-order valence-electron chi connectivity index (χ2n) is 1.80. The Morgan fingerprint density at radius 1 is 1.22 bits per heavy atom. The summed E-state index contributed by atoms with van der Waals surface area (Å²) in [4.78, 5) is 0. The number of nitrogens with two attached hydrogens (primary N) is 2. The van der Waals surface area contributed by atoms with Crippen molar-refractivity contribution in [1.29, 1.82) is 0 Å². The Morgan fingerprint density at radius 3 is 2.22 bits per heavy atom. The van der Waals surface area contributed by atoms with Crippen molar-refractivity contribution in [3.63, 3.8) is 0 Å². The Hall–Kier alpha value is -1.06. The Bertz CT molecular complexity index is 183. The van der Waals surface area contributed by atoms with E-state index in [0.717, 1.165) is 11.2 Å². The van der Waals surface area contributed by atoms with Gasteiger partial charge in [0.1, 0.15) is 0 Å². The first-order valence-electron chi connectivity index (χ1n) is 2.66. The van der Waals surface area contributed by atoms with E-state index in [0.29, 0.717) is 5.69 Å². The van der Waals surface area contributed by atoms with Gasteiger partial charge in [-0.25, -0.2) is 5.21 Å². The zero-order valence-electron chi connectivity index (χ0n) is 4.91. The normalized spacial score (nSPS) is 9.44. The van der Waals surface area contributed by atoms with E-state index in [4.69, 9.17) is 10.9 Å². The Kier molecular flexibility index (Phi) is 1.67.